The van der Waals surface area contributed by atoms with Gasteiger partial charge in [-0.2, -0.15) is 0 Å². The molecule has 0 saturated carbocycles. The summed E-state index contributed by atoms with van der Waals surface area (Å²) >= 11 is 0. The summed E-state index contributed by atoms with van der Waals surface area (Å²) in [5.74, 6) is -0.264. The third-order valence-electron chi connectivity index (χ3n) is 7.63. The number of esters is 1. The molecule has 1 aliphatic rings. The van der Waals surface area contributed by atoms with Gasteiger partial charge in [0.15, 0.2) is 0 Å². The van der Waals surface area contributed by atoms with Crippen LogP contribution in [0.15, 0.2) is 36.4 Å². The Hall–Kier alpha value is -2.39. The maximum atomic E-state index is 13.2. The molecule has 1 unspecified atom stereocenters. The second kappa shape index (κ2) is 10.6. The average Bonchev–Trinajstić information content (AvgIpc) is 3.00. The fraction of sp³-hybridized carbons (Fsp3) is 0.594. The first-order valence-corrected chi connectivity index (χ1v) is 14.2. The monoisotopic (exact) mass is 538 g/mol. The van der Waals surface area contributed by atoms with Crippen molar-refractivity contribution < 1.29 is 14.3 Å². The van der Waals surface area contributed by atoms with Crippen molar-refractivity contribution in [1.29, 1.82) is 0 Å². The van der Waals surface area contributed by atoms with E-state index in [4.69, 9.17) is 4.74 Å². The van der Waals surface area contributed by atoms with Crippen LogP contribution in [-0.4, -0.2) is 36.5 Å². The molecule has 1 amide bonds. The number of carbonyl (C=O) groups is 2. The Balaban J connectivity index is 1.64. The first kappa shape index (κ1) is 30.2. The summed E-state index contributed by atoms with van der Waals surface area (Å²) in [4.78, 5) is 28.1. The van der Waals surface area contributed by atoms with Crippen LogP contribution in [0.5, 0.6) is 0 Å². The Labute approximate surface area is 231 Å². The Kier molecular flexibility index (Phi) is 8.45. The first-order valence-electron chi connectivity index (χ1n) is 13.7. The van der Waals surface area contributed by atoms with Gasteiger partial charge in [0.2, 0.25) is 5.91 Å². The Morgan fingerprint density at radius 2 is 1.63 bits per heavy atom. The molecule has 1 N–H and O–H groups in total. The summed E-state index contributed by atoms with van der Waals surface area (Å²) in [6.07, 6.45) is 1.39. The molecule has 1 heterocycles. The van der Waals surface area contributed by atoms with Gasteiger partial charge in [-0.05, 0) is 75.3 Å². The molecule has 0 radical (unpaired) electrons. The van der Waals surface area contributed by atoms with Gasteiger partial charge < -0.3 is 15.0 Å². The van der Waals surface area contributed by atoms with Gasteiger partial charge in [-0.1, -0.05) is 73.8 Å². The van der Waals surface area contributed by atoms with Gasteiger partial charge in [0.05, 0.1) is 12.0 Å². The van der Waals surface area contributed by atoms with E-state index >= 15 is 0 Å². The number of amides is 1. The number of hydrogen-bond donors (Lipinski definition) is 1. The number of nitrogens with one attached hydrogen (secondary N) is 1. The molecule has 2 aromatic carbocycles. The van der Waals surface area contributed by atoms with E-state index in [1.807, 2.05) is 27.7 Å². The van der Waals surface area contributed by atoms with Gasteiger partial charge in [-0.15, -0.1) is 0 Å². The highest BCUT2D eigenvalue weighted by Gasteiger charge is 2.44. The summed E-state index contributed by atoms with van der Waals surface area (Å²) in [6.45, 7) is 21.3. The molecule has 5 nitrogen and oxygen atoms in total. The molecule has 6 heteroatoms. The highest BCUT2D eigenvalue weighted by molar-refractivity contribution is 7.22. The highest BCUT2D eigenvalue weighted by atomic mass is 31.0. The molecule has 0 aliphatic carbocycles. The van der Waals surface area contributed by atoms with Crippen molar-refractivity contribution in [3.05, 3.63) is 42.0 Å². The summed E-state index contributed by atoms with van der Waals surface area (Å²) in [5.41, 5.74) is 2.28. The average molecular weight is 539 g/mol. The van der Waals surface area contributed by atoms with E-state index in [1.54, 1.807) is 0 Å². The molecule has 0 saturated heterocycles. The van der Waals surface area contributed by atoms with Crippen LogP contribution in [-0.2, 0) is 19.7 Å². The predicted octanol–water partition coefficient (Wildman–Crippen LogP) is 7.14. The topological polar surface area (TPSA) is 58.6 Å². The normalized spacial score (nSPS) is 16.4. The van der Waals surface area contributed by atoms with Crippen LogP contribution in [0.4, 0.5) is 5.69 Å². The van der Waals surface area contributed by atoms with Crippen LogP contribution in [0.1, 0.15) is 87.6 Å². The van der Waals surface area contributed by atoms with E-state index in [1.165, 1.54) is 22.0 Å². The third kappa shape index (κ3) is 6.25. The van der Waals surface area contributed by atoms with E-state index in [-0.39, 0.29) is 35.4 Å². The second-order valence-electron chi connectivity index (χ2n) is 14.0. The van der Waals surface area contributed by atoms with Crippen LogP contribution >= 0.6 is 8.86 Å². The quantitative estimate of drug-likeness (QED) is 0.210. The van der Waals surface area contributed by atoms with Crippen molar-refractivity contribution >= 4 is 42.6 Å². The Morgan fingerprint density at radius 3 is 2.26 bits per heavy atom. The van der Waals surface area contributed by atoms with Gasteiger partial charge in [0.25, 0.3) is 0 Å². The summed E-state index contributed by atoms with van der Waals surface area (Å²) in [6, 6.07) is 13.0. The molecule has 1 atom stereocenters. The lowest BCUT2D eigenvalue weighted by Crippen LogP contribution is -2.46. The minimum Gasteiger partial charge on any atom is -0.463 e. The molecule has 3 rings (SSSR count). The lowest BCUT2D eigenvalue weighted by atomic mass is 9.76. The predicted molar refractivity (Wildman–Crippen MR) is 162 cm³/mol. The van der Waals surface area contributed by atoms with Crippen molar-refractivity contribution in [2.75, 3.05) is 18.1 Å². The standard InChI is InChI=1S/C32H47N2O3P/c1-21(34-24-16-15-22-13-11-12-14-23(22)25(24)32(9,10)27(34)38)19-30(5,6)26(35)33-17-18-37-28(36)31(7,8)20-29(2,3)4/h11-16,21,38H,17-20H2,1-10H3,(H,33,35). The lowest BCUT2D eigenvalue weighted by molar-refractivity contribution is -0.155. The SMILES string of the molecule is CC(CC(C)(C)C(=O)NCCOC(=O)C(C)(C)CC(C)(C)C)N1C(=P)C(C)(C)c2c1ccc1ccccc21. The molecule has 0 aromatic heterocycles. The molecule has 0 fully saturated rings. The van der Waals surface area contributed by atoms with E-state index in [0.29, 0.717) is 13.0 Å². The number of ether oxygens (including phenoxy) is 1. The van der Waals surface area contributed by atoms with Crippen molar-refractivity contribution in [1.82, 2.24) is 5.32 Å². The van der Waals surface area contributed by atoms with Gasteiger partial charge in [0.1, 0.15) is 6.61 Å². The number of benzene rings is 2. The van der Waals surface area contributed by atoms with Crippen LogP contribution in [0.25, 0.3) is 10.8 Å². The fourth-order valence-corrected chi connectivity index (χ4v) is 6.64. The highest BCUT2D eigenvalue weighted by Crippen LogP contribution is 2.48. The zero-order valence-electron chi connectivity index (χ0n) is 25.0. The van der Waals surface area contributed by atoms with Gasteiger partial charge in [-0.25, -0.2) is 0 Å². The van der Waals surface area contributed by atoms with E-state index < -0.39 is 10.8 Å². The van der Waals surface area contributed by atoms with Gasteiger partial charge >= 0.3 is 5.97 Å². The van der Waals surface area contributed by atoms with Crippen molar-refractivity contribution in [2.24, 2.45) is 16.2 Å². The van der Waals surface area contributed by atoms with E-state index in [2.05, 4.69) is 97.0 Å². The lowest BCUT2D eigenvalue weighted by Gasteiger charge is -2.35. The number of carbonyl (C=O) groups excluding carboxylic acids is 2. The third-order valence-corrected chi connectivity index (χ3v) is 8.50. The second-order valence-corrected chi connectivity index (χ2v) is 14.4. The molecule has 2 aromatic rings. The first-order chi connectivity index (χ1) is 17.4. The van der Waals surface area contributed by atoms with Crippen LogP contribution in [0.3, 0.4) is 0 Å². The van der Waals surface area contributed by atoms with Crippen LogP contribution in [0, 0.1) is 16.2 Å². The molecular weight excluding hydrogens is 491 g/mol. The number of fused-ring (bicyclic) bond motifs is 3. The molecule has 1 aliphatic heterocycles. The molecule has 38 heavy (non-hydrogen) atoms. The van der Waals surface area contributed by atoms with Crippen molar-refractivity contribution in [3.8, 4) is 0 Å². The minimum atomic E-state index is -0.606. The Bertz CT molecular complexity index is 1220. The maximum absolute atomic E-state index is 13.2. The smallest absolute Gasteiger partial charge is 0.311 e. The van der Waals surface area contributed by atoms with Crippen molar-refractivity contribution in [3.63, 3.8) is 0 Å². The summed E-state index contributed by atoms with van der Waals surface area (Å²) in [7, 11) is 3.99. The van der Waals surface area contributed by atoms with Gasteiger partial charge in [0, 0.05) is 28.0 Å². The number of nitrogens with zero attached hydrogens (tertiary/aromatic N) is 1. The maximum Gasteiger partial charge on any atom is 0.311 e. The van der Waals surface area contributed by atoms with Crippen molar-refractivity contribution in [2.45, 2.75) is 93.5 Å². The zero-order valence-corrected chi connectivity index (χ0v) is 26.0. The number of hydrogen-bond acceptors (Lipinski definition) is 3. The summed E-state index contributed by atoms with van der Waals surface area (Å²) < 4.78 is 5.52. The number of anilines is 1. The Morgan fingerprint density at radius 1 is 1.00 bits per heavy atom. The van der Waals surface area contributed by atoms with E-state index in [0.717, 1.165) is 11.8 Å². The van der Waals surface area contributed by atoms with Crippen LogP contribution in [0.2, 0.25) is 0 Å². The molecule has 0 bridgehead atoms. The van der Waals surface area contributed by atoms with Gasteiger partial charge in [-0.3, -0.25) is 9.59 Å². The van der Waals surface area contributed by atoms with Crippen LogP contribution < -0.4 is 10.2 Å². The van der Waals surface area contributed by atoms with E-state index in [9.17, 15) is 9.59 Å². The largest absolute Gasteiger partial charge is 0.463 e. The summed E-state index contributed by atoms with van der Waals surface area (Å²) in [5, 5.41) is 5.48. The molecule has 208 valence electrons. The zero-order chi connectivity index (χ0) is 28.7. The molecule has 0 spiro atoms. The molecular formula is C32H47N2O3P. The number of rotatable bonds is 9. The fourth-order valence-electron chi connectivity index (χ4n) is 6.18. The minimum absolute atomic E-state index is 0.0297.